The van der Waals surface area contributed by atoms with E-state index in [2.05, 4.69) is 33.2 Å². The van der Waals surface area contributed by atoms with Gasteiger partial charge >= 0.3 is 0 Å². The number of halogens is 1. The van der Waals surface area contributed by atoms with E-state index in [-0.39, 0.29) is 6.04 Å². The van der Waals surface area contributed by atoms with Gasteiger partial charge in [0.05, 0.1) is 12.0 Å². The van der Waals surface area contributed by atoms with Crippen molar-refractivity contribution >= 4 is 15.9 Å². The van der Waals surface area contributed by atoms with Gasteiger partial charge in [-0.3, -0.25) is 4.98 Å². The van der Waals surface area contributed by atoms with E-state index >= 15 is 0 Å². The van der Waals surface area contributed by atoms with Gasteiger partial charge in [0, 0.05) is 10.7 Å². The summed E-state index contributed by atoms with van der Waals surface area (Å²) < 4.78 is 6.42. The lowest BCUT2D eigenvalue weighted by atomic mass is 10.1. The van der Waals surface area contributed by atoms with Crippen LogP contribution in [0.4, 0.5) is 0 Å². The highest BCUT2D eigenvalue weighted by Crippen LogP contribution is 2.26. The van der Waals surface area contributed by atoms with Gasteiger partial charge in [0.1, 0.15) is 11.8 Å². The highest BCUT2D eigenvalue weighted by Gasteiger charge is 2.19. The van der Waals surface area contributed by atoms with Crippen molar-refractivity contribution in [1.82, 2.24) is 10.3 Å². The van der Waals surface area contributed by atoms with Gasteiger partial charge in [-0.1, -0.05) is 6.92 Å². The Balaban J connectivity index is 2.37. The number of nitrogens with one attached hydrogen (secondary N) is 1. The Morgan fingerprint density at radius 2 is 2.31 bits per heavy atom. The molecule has 0 aliphatic rings. The van der Waals surface area contributed by atoms with Crippen molar-refractivity contribution in [1.29, 1.82) is 0 Å². The summed E-state index contributed by atoms with van der Waals surface area (Å²) in [5, 5.41) is 3.36. The van der Waals surface area contributed by atoms with Crippen LogP contribution in [-0.2, 0) is 0 Å². The molecule has 0 aromatic carbocycles. The minimum Gasteiger partial charge on any atom is -0.467 e. The fourth-order valence-electron chi connectivity index (χ4n) is 1.60. The maximum atomic E-state index is 5.43. The van der Waals surface area contributed by atoms with Gasteiger partial charge in [-0.25, -0.2) is 0 Å². The summed E-state index contributed by atoms with van der Waals surface area (Å²) >= 11 is 3.51. The van der Waals surface area contributed by atoms with Gasteiger partial charge in [-0.15, -0.1) is 0 Å². The van der Waals surface area contributed by atoms with Crippen LogP contribution in [0, 0.1) is 0 Å². The van der Waals surface area contributed by atoms with E-state index in [1.165, 1.54) is 0 Å². The minimum absolute atomic E-state index is 0.00410. The maximum absolute atomic E-state index is 5.43. The van der Waals surface area contributed by atoms with Crippen LogP contribution in [0.2, 0.25) is 0 Å². The number of hydrogen-bond donors (Lipinski definition) is 1. The molecule has 2 aromatic rings. The van der Waals surface area contributed by atoms with E-state index in [9.17, 15) is 0 Å². The van der Waals surface area contributed by atoms with Gasteiger partial charge in [0.25, 0.3) is 0 Å². The lowest BCUT2D eigenvalue weighted by Crippen LogP contribution is -2.22. The monoisotopic (exact) mass is 280 g/mol. The second kappa shape index (κ2) is 5.27. The van der Waals surface area contributed by atoms with Crippen LogP contribution in [0.5, 0.6) is 0 Å². The normalized spacial score (nSPS) is 12.6. The molecule has 84 valence electrons. The van der Waals surface area contributed by atoms with Crippen molar-refractivity contribution in [3.63, 3.8) is 0 Å². The fourth-order valence-corrected chi connectivity index (χ4v) is 2.09. The molecule has 0 fully saturated rings. The summed E-state index contributed by atoms with van der Waals surface area (Å²) in [5.74, 6) is 0.876. The van der Waals surface area contributed by atoms with Gasteiger partial charge in [0.15, 0.2) is 0 Å². The summed E-state index contributed by atoms with van der Waals surface area (Å²) in [6, 6.07) is 7.72. The smallest absolute Gasteiger partial charge is 0.126 e. The van der Waals surface area contributed by atoms with Gasteiger partial charge in [-0.05, 0) is 46.7 Å². The van der Waals surface area contributed by atoms with Crippen LogP contribution in [0.15, 0.2) is 45.6 Å². The van der Waals surface area contributed by atoms with Crippen LogP contribution in [0.1, 0.15) is 24.4 Å². The molecule has 0 aliphatic carbocycles. The molecule has 4 heteroatoms. The molecular weight excluding hydrogens is 268 g/mol. The van der Waals surface area contributed by atoms with Crippen LogP contribution >= 0.6 is 15.9 Å². The number of aromatic nitrogens is 1. The van der Waals surface area contributed by atoms with Crippen molar-refractivity contribution in [3.05, 3.63) is 52.7 Å². The summed E-state index contributed by atoms with van der Waals surface area (Å²) in [6.45, 7) is 2.92. The average Bonchev–Trinajstić information content (AvgIpc) is 2.80. The SMILES string of the molecule is CCNC(c1ccco1)c1ncccc1Br. The summed E-state index contributed by atoms with van der Waals surface area (Å²) in [4.78, 5) is 4.38. The third kappa shape index (κ3) is 2.33. The zero-order chi connectivity index (χ0) is 11.4. The molecule has 1 unspecified atom stereocenters. The lowest BCUT2D eigenvalue weighted by Gasteiger charge is -2.16. The Labute approximate surface area is 103 Å². The summed E-state index contributed by atoms with van der Waals surface area (Å²) in [6.07, 6.45) is 3.46. The number of furan rings is 1. The predicted molar refractivity (Wildman–Crippen MR) is 66.2 cm³/mol. The molecule has 2 heterocycles. The largest absolute Gasteiger partial charge is 0.467 e. The molecule has 2 aromatic heterocycles. The van der Waals surface area contributed by atoms with Gasteiger partial charge < -0.3 is 9.73 Å². The first-order chi connectivity index (χ1) is 7.83. The molecule has 1 N–H and O–H groups in total. The highest BCUT2D eigenvalue weighted by molar-refractivity contribution is 9.10. The highest BCUT2D eigenvalue weighted by atomic mass is 79.9. The zero-order valence-corrected chi connectivity index (χ0v) is 10.6. The molecule has 0 aliphatic heterocycles. The first kappa shape index (κ1) is 11.4. The molecule has 0 radical (unpaired) electrons. The Morgan fingerprint density at radius 3 is 2.94 bits per heavy atom. The van der Waals surface area contributed by atoms with E-state index in [0.717, 1.165) is 22.5 Å². The van der Waals surface area contributed by atoms with Gasteiger partial charge in [-0.2, -0.15) is 0 Å². The van der Waals surface area contributed by atoms with Crippen molar-refractivity contribution in [2.75, 3.05) is 6.54 Å². The minimum atomic E-state index is -0.00410. The van der Waals surface area contributed by atoms with Crippen LogP contribution < -0.4 is 5.32 Å². The number of pyridine rings is 1. The third-order valence-electron chi connectivity index (χ3n) is 2.30. The van der Waals surface area contributed by atoms with Crippen LogP contribution in [0.25, 0.3) is 0 Å². The molecule has 3 nitrogen and oxygen atoms in total. The molecule has 2 rings (SSSR count). The molecule has 0 saturated carbocycles. The molecule has 1 atom stereocenters. The van der Waals surface area contributed by atoms with Crippen molar-refractivity contribution < 1.29 is 4.42 Å². The van der Waals surface area contributed by atoms with Crippen molar-refractivity contribution in [3.8, 4) is 0 Å². The topological polar surface area (TPSA) is 38.1 Å². The molecule has 0 bridgehead atoms. The van der Waals surface area contributed by atoms with E-state index in [4.69, 9.17) is 4.42 Å². The number of nitrogens with zero attached hydrogens (tertiary/aromatic N) is 1. The Hall–Kier alpha value is -1.13. The van der Waals surface area contributed by atoms with Crippen LogP contribution in [-0.4, -0.2) is 11.5 Å². The molecule has 0 spiro atoms. The van der Waals surface area contributed by atoms with E-state index in [0.29, 0.717) is 0 Å². The summed E-state index contributed by atoms with van der Waals surface area (Å²) in [7, 11) is 0. The third-order valence-corrected chi connectivity index (χ3v) is 2.97. The number of hydrogen-bond acceptors (Lipinski definition) is 3. The molecular formula is C12H13BrN2O. The van der Waals surface area contributed by atoms with E-state index < -0.39 is 0 Å². The van der Waals surface area contributed by atoms with Crippen molar-refractivity contribution in [2.45, 2.75) is 13.0 Å². The number of rotatable bonds is 4. The molecule has 16 heavy (non-hydrogen) atoms. The first-order valence-electron chi connectivity index (χ1n) is 5.20. The quantitative estimate of drug-likeness (QED) is 0.935. The van der Waals surface area contributed by atoms with Crippen LogP contribution in [0.3, 0.4) is 0 Å². The second-order valence-electron chi connectivity index (χ2n) is 3.38. The Morgan fingerprint density at radius 1 is 1.44 bits per heavy atom. The lowest BCUT2D eigenvalue weighted by molar-refractivity contribution is 0.446. The molecule has 0 amide bonds. The average molecular weight is 281 g/mol. The predicted octanol–water partition coefficient (Wildman–Crippen LogP) is 3.14. The zero-order valence-electron chi connectivity index (χ0n) is 8.98. The van der Waals surface area contributed by atoms with E-state index in [1.807, 2.05) is 24.3 Å². The fraction of sp³-hybridized carbons (Fsp3) is 0.250. The first-order valence-corrected chi connectivity index (χ1v) is 5.99. The maximum Gasteiger partial charge on any atom is 0.126 e. The Bertz CT molecular complexity index is 442. The van der Waals surface area contributed by atoms with E-state index in [1.54, 1.807) is 12.5 Å². The summed E-state index contributed by atoms with van der Waals surface area (Å²) in [5.41, 5.74) is 0.944. The molecule has 0 saturated heterocycles. The standard InChI is InChI=1S/C12H13BrN2O/c1-2-14-12(10-6-4-8-16-10)11-9(13)5-3-7-15-11/h3-8,12,14H,2H2,1H3. The Kier molecular flexibility index (Phi) is 3.74. The van der Waals surface area contributed by atoms with Gasteiger partial charge in [0.2, 0.25) is 0 Å². The second-order valence-corrected chi connectivity index (χ2v) is 4.23. The van der Waals surface area contributed by atoms with Crippen molar-refractivity contribution in [2.24, 2.45) is 0 Å².